The Balaban J connectivity index is 1.74. The molecule has 0 bridgehead atoms. The first-order chi connectivity index (χ1) is 9.54. The van der Waals surface area contributed by atoms with E-state index in [2.05, 4.69) is 15.3 Å². The zero-order valence-electron chi connectivity index (χ0n) is 10.9. The summed E-state index contributed by atoms with van der Waals surface area (Å²) in [5.41, 5.74) is -0.912. The van der Waals surface area contributed by atoms with Gasteiger partial charge in [0.1, 0.15) is 5.69 Å². The van der Waals surface area contributed by atoms with Crippen molar-refractivity contribution in [1.82, 2.24) is 9.97 Å². The molecule has 1 saturated heterocycles. The Morgan fingerprint density at radius 2 is 2.10 bits per heavy atom. The lowest BCUT2D eigenvalue weighted by atomic mass is 9.82. The summed E-state index contributed by atoms with van der Waals surface area (Å²) < 4.78 is 43.5. The second kappa shape index (κ2) is 5.20. The van der Waals surface area contributed by atoms with Crippen LogP contribution >= 0.6 is 0 Å². The van der Waals surface area contributed by atoms with Crippen molar-refractivity contribution in [2.24, 2.45) is 5.92 Å². The van der Waals surface area contributed by atoms with Crippen molar-refractivity contribution < 1.29 is 17.9 Å². The van der Waals surface area contributed by atoms with Gasteiger partial charge in [-0.1, -0.05) is 0 Å². The molecule has 0 radical (unpaired) electrons. The Labute approximate surface area is 114 Å². The van der Waals surface area contributed by atoms with Crippen molar-refractivity contribution in [2.45, 2.75) is 44.0 Å². The number of fused-ring (bicyclic) bond motifs is 1. The van der Waals surface area contributed by atoms with Crippen molar-refractivity contribution in [1.29, 1.82) is 0 Å². The van der Waals surface area contributed by atoms with Gasteiger partial charge in [-0.15, -0.1) is 0 Å². The Bertz CT molecular complexity index is 480. The highest BCUT2D eigenvalue weighted by Crippen LogP contribution is 2.36. The molecule has 110 valence electrons. The van der Waals surface area contributed by atoms with Crippen LogP contribution in [0, 0.1) is 5.92 Å². The van der Waals surface area contributed by atoms with Crippen molar-refractivity contribution in [2.75, 3.05) is 11.9 Å². The molecule has 1 aromatic heterocycles. The molecule has 4 nitrogen and oxygen atoms in total. The molecule has 2 fully saturated rings. The summed E-state index contributed by atoms with van der Waals surface area (Å²) in [6.45, 7) is 0.733. The Kier molecular flexibility index (Phi) is 3.54. The average Bonchev–Trinajstić information content (AvgIpc) is 2.87. The van der Waals surface area contributed by atoms with E-state index < -0.39 is 11.9 Å². The van der Waals surface area contributed by atoms with Gasteiger partial charge in [-0.2, -0.15) is 13.2 Å². The molecule has 1 aliphatic carbocycles. The fourth-order valence-corrected chi connectivity index (χ4v) is 3.11. The molecule has 3 atom stereocenters. The monoisotopic (exact) mass is 287 g/mol. The van der Waals surface area contributed by atoms with E-state index in [1.807, 2.05) is 0 Å². The lowest BCUT2D eigenvalue weighted by molar-refractivity contribution is -0.141. The maximum Gasteiger partial charge on any atom is 0.433 e. The molecule has 0 amide bonds. The first kappa shape index (κ1) is 13.6. The third-order valence-corrected chi connectivity index (χ3v) is 4.04. The second-order valence-electron chi connectivity index (χ2n) is 5.31. The van der Waals surface area contributed by atoms with Gasteiger partial charge in [0.25, 0.3) is 0 Å². The van der Waals surface area contributed by atoms with Crippen molar-refractivity contribution in [3.63, 3.8) is 0 Å². The highest BCUT2D eigenvalue weighted by atomic mass is 19.4. The van der Waals surface area contributed by atoms with Crippen LogP contribution in [0.1, 0.15) is 31.4 Å². The minimum absolute atomic E-state index is 0.0531. The largest absolute Gasteiger partial charge is 0.433 e. The minimum atomic E-state index is -4.44. The zero-order valence-corrected chi connectivity index (χ0v) is 10.9. The van der Waals surface area contributed by atoms with Gasteiger partial charge in [-0.05, 0) is 31.7 Å². The van der Waals surface area contributed by atoms with E-state index in [1.165, 1.54) is 0 Å². The van der Waals surface area contributed by atoms with E-state index in [4.69, 9.17) is 4.74 Å². The molecule has 1 aromatic rings. The van der Waals surface area contributed by atoms with Gasteiger partial charge in [0.2, 0.25) is 5.95 Å². The Morgan fingerprint density at radius 1 is 1.25 bits per heavy atom. The Morgan fingerprint density at radius 3 is 2.90 bits per heavy atom. The lowest BCUT2D eigenvalue weighted by Crippen LogP contribution is -2.38. The molecular weight excluding hydrogens is 271 g/mol. The van der Waals surface area contributed by atoms with E-state index in [0.29, 0.717) is 5.92 Å². The summed E-state index contributed by atoms with van der Waals surface area (Å²) in [7, 11) is 0. The van der Waals surface area contributed by atoms with Gasteiger partial charge in [0.05, 0.1) is 6.10 Å². The number of alkyl halides is 3. The van der Waals surface area contributed by atoms with Crippen LogP contribution < -0.4 is 5.32 Å². The molecule has 7 heteroatoms. The lowest BCUT2D eigenvalue weighted by Gasteiger charge is -2.33. The number of nitrogens with zero attached hydrogens (tertiary/aromatic N) is 2. The van der Waals surface area contributed by atoms with E-state index in [-0.39, 0.29) is 18.1 Å². The average molecular weight is 287 g/mol. The van der Waals surface area contributed by atoms with Crippen LogP contribution in [0.4, 0.5) is 19.1 Å². The van der Waals surface area contributed by atoms with Crippen LogP contribution in [0.5, 0.6) is 0 Å². The molecule has 20 heavy (non-hydrogen) atoms. The van der Waals surface area contributed by atoms with Gasteiger partial charge in [0, 0.05) is 24.8 Å². The summed E-state index contributed by atoms with van der Waals surface area (Å²) in [6, 6.07) is 0.979. The third kappa shape index (κ3) is 2.72. The maximum atomic E-state index is 12.6. The molecule has 1 saturated carbocycles. The number of aromatic nitrogens is 2. The fraction of sp³-hybridized carbons (Fsp3) is 0.692. The third-order valence-electron chi connectivity index (χ3n) is 4.04. The van der Waals surface area contributed by atoms with Crippen LogP contribution in [-0.4, -0.2) is 28.7 Å². The molecule has 2 aliphatic rings. The minimum Gasteiger partial charge on any atom is -0.378 e. The molecule has 2 heterocycles. The molecule has 3 rings (SSSR count). The van der Waals surface area contributed by atoms with Crippen LogP contribution in [0.25, 0.3) is 0 Å². The van der Waals surface area contributed by atoms with Crippen LogP contribution in [0.2, 0.25) is 0 Å². The number of halogens is 3. The van der Waals surface area contributed by atoms with Crippen LogP contribution in [-0.2, 0) is 10.9 Å². The second-order valence-corrected chi connectivity index (χ2v) is 5.31. The Hall–Kier alpha value is -1.37. The summed E-state index contributed by atoms with van der Waals surface area (Å²) in [5, 5.41) is 3.06. The molecular formula is C13H16F3N3O. The quantitative estimate of drug-likeness (QED) is 0.908. The van der Waals surface area contributed by atoms with E-state index in [0.717, 1.165) is 44.6 Å². The summed E-state index contributed by atoms with van der Waals surface area (Å²) in [6.07, 6.45) is 0.844. The predicted molar refractivity (Wildman–Crippen MR) is 66.1 cm³/mol. The normalized spacial score (nSPS) is 30.1. The van der Waals surface area contributed by atoms with Crippen molar-refractivity contribution in [3.8, 4) is 0 Å². The van der Waals surface area contributed by atoms with Gasteiger partial charge >= 0.3 is 6.18 Å². The van der Waals surface area contributed by atoms with Gasteiger partial charge < -0.3 is 10.1 Å². The fourth-order valence-electron chi connectivity index (χ4n) is 3.11. The summed E-state index contributed by atoms with van der Waals surface area (Å²) in [4.78, 5) is 7.46. The van der Waals surface area contributed by atoms with Crippen LogP contribution in [0.3, 0.4) is 0 Å². The first-order valence-corrected chi connectivity index (χ1v) is 6.82. The number of rotatable bonds is 2. The smallest absolute Gasteiger partial charge is 0.378 e. The SMILES string of the molecule is FC(F)(F)c1ccnc(N[C@@H]2CCC[C@H]3OCC[C@@H]23)n1. The highest BCUT2D eigenvalue weighted by molar-refractivity contribution is 5.28. The number of hydrogen-bond acceptors (Lipinski definition) is 4. The van der Waals surface area contributed by atoms with E-state index in [1.54, 1.807) is 0 Å². The standard InChI is InChI=1S/C13H16F3N3O/c14-13(15,16)11-4-6-17-12(19-11)18-9-2-1-3-10-8(9)5-7-20-10/h4,6,8-10H,1-3,5,7H2,(H,17,18,19)/t8-,9+,10+/m0/s1. The predicted octanol–water partition coefficient (Wildman–Crippen LogP) is 2.86. The number of ether oxygens (including phenoxy) is 1. The first-order valence-electron chi connectivity index (χ1n) is 6.82. The number of anilines is 1. The van der Waals surface area contributed by atoms with E-state index >= 15 is 0 Å². The van der Waals surface area contributed by atoms with Gasteiger partial charge in [0.15, 0.2) is 0 Å². The molecule has 1 N–H and O–H groups in total. The maximum absolute atomic E-state index is 12.6. The summed E-state index contributed by atoms with van der Waals surface area (Å²) >= 11 is 0. The topological polar surface area (TPSA) is 47.0 Å². The van der Waals surface area contributed by atoms with Crippen LogP contribution in [0.15, 0.2) is 12.3 Å². The van der Waals surface area contributed by atoms with E-state index in [9.17, 15) is 13.2 Å². The highest BCUT2D eigenvalue weighted by Gasteiger charge is 2.38. The summed E-state index contributed by atoms with van der Waals surface area (Å²) in [5.74, 6) is 0.402. The molecule has 0 aromatic carbocycles. The van der Waals surface area contributed by atoms with Gasteiger partial charge in [-0.25, -0.2) is 9.97 Å². The number of nitrogens with one attached hydrogen (secondary N) is 1. The molecule has 1 aliphatic heterocycles. The van der Waals surface area contributed by atoms with Crippen molar-refractivity contribution >= 4 is 5.95 Å². The molecule has 0 spiro atoms. The van der Waals surface area contributed by atoms with Crippen molar-refractivity contribution in [3.05, 3.63) is 18.0 Å². The van der Waals surface area contributed by atoms with Gasteiger partial charge in [-0.3, -0.25) is 0 Å². The zero-order chi connectivity index (χ0) is 14.2. The number of hydrogen-bond donors (Lipinski definition) is 1. The molecule has 0 unspecified atom stereocenters.